The number of hydrogen-bond donors (Lipinski definition) is 0. The van der Waals surface area contributed by atoms with Gasteiger partial charge in [0.2, 0.25) is 5.88 Å². The SMILES string of the molecule is Cc1ccc(Cl)cc1N(C)S(=O)(=O)c1cnn2c1OCCC2. The maximum Gasteiger partial charge on any atom is 0.271 e. The number of rotatable bonds is 3. The lowest BCUT2D eigenvalue weighted by Gasteiger charge is -2.22. The predicted molar refractivity (Wildman–Crippen MR) is 84.1 cm³/mol. The van der Waals surface area contributed by atoms with Crippen molar-refractivity contribution >= 4 is 27.3 Å². The maximum atomic E-state index is 12.9. The fourth-order valence-corrected chi connectivity index (χ4v) is 3.90. The van der Waals surface area contributed by atoms with Gasteiger partial charge in [-0.25, -0.2) is 13.1 Å². The van der Waals surface area contributed by atoms with Gasteiger partial charge in [-0.2, -0.15) is 5.10 Å². The van der Waals surface area contributed by atoms with E-state index in [-0.39, 0.29) is 4.90 Å². The van der Waals surface area contributed by atoms with Gasteiger partial charge in [0.05, 0.1) is 18.5 Å². The van der Waals surface area contributed by atoms with E-state index in [1.165, 1.54) is 17.5 Å². The van der Waals surface area contributed by atoms with Gasteiger partial charge in [0.25, 0.3) is 10.0 Å². The molecule has 0 amide bonds. The third kappa shape index (κ3) is 2.44. The number of aryl methyl sites for hydroxylation is 2. The summed E-state index contributed by atoms with van der Waals surface area (Å²) in [5, 5.41) is 4.58. The Balaban J connectivity index is 2.06. The standard InChI is InChI=1S/C14H16ClN3O3S/c1-10-4-5-11(15)8-12(10)17(2)22(19,20)13-9-16-18-6-3-7-21-14(13)18/h4-5,8-9H,3,6-7H2,1-2H3. The summed E-state index contributed by atoms with van der Waals surface area (Å²) in [4.78, 5) is 0.0778. The maximum absolute atomic E-state index is 12.9. The van der Waals surface area contributed by atoms with Gasteiger partial charge < -0.3 is 4.74 Å². The van der Waals surface area contributed by atoms with Crippen molar-refractivity contribution in [1.29, 1.82) is 0 Å². The summed E-state index contributed by atoms with van der Waals surface area (Å²) < 4.78 is 34.0. The first-order chi connectivity index (χ1) is 10.4. The summed E-state index contributed by atoms with van der Waals surface area (Å²) in [6.07, 6.45) is 2.16. The predicted octanol–water partition coefficient (Wildman–Crippen LogP) is 2.45. The molecule has 1 aliphatic rings. The highest BCUT2D eigenvalue weighted by molar-refractivity contribution is 7.92. The molecule has 1 aromatic heterocycles. The van der Waals surface area contributed by atoms with E-state index in [0.29, 0.717) is 29.7 Å². The molecule has 0 unspecified atom stereocenters. The average molecular weight is 342 g/mol. The fourth-order valence-electron chi connectivity index (χ4n) is 2.42. The summed E-state index contributed by atoms with van der Waals surface area (Å²) in [5.74, 6) is 0.304. The molecule has 0 aliphatic carbocycles. The van der Waals surface area contributed by atoms with Crippen molar-refractivity contribution < 1.29 is 13.2 Å². The van der Waals surface area contributed by atoms with Crippen LogP contribution in [0.5, 0.6) is 5.88 Å². The molecular formula is C14H16ClN3O3S. The van der Waals surface area contributed by atoms with Crippen molar-refractivity contribution in [3.63, 3.8) is 0 Å². The van der Waals surface area contributed by atoms with Crippen LogP contribution >= 0.6 is 11.6 Å². The van der Waals surface area contributed by atoms with E-state index in [0.717, 1.165) is 12.0 Å². The van der Waals surface area contributed by atoms with E-state index in [1.807, 2.05) is 6.92 Å². The Morgan fingerprint density at radius 3 is 2.95 bits per heavy atom. The molecule has 0 fully saturated rings. The number of nitrogens with zero attached hydrogens (tertiary/aromatic N) is 3. The van der Waals surface area contributed by atoms with E-state index in [1.54, 1.807) is 22.9 Å². The summed E-state index contributed by atoms with van der Waals surface area (Å²) in [6, 6.07) is 5.14. The van der Waals surface area contributed by atoms with Crippen molar-refractivity contribution in [2.45, 2.75) is 24.8 Å². The van der Waals surface area contributed by atoms with Gasteiger partial charge in [-0.05, 0) is 24.6 Å². The van der Waals surface area contributed by atoms with Crippen LogP contribution in [0, 0.1) is 6.92 Å². The van der Waals surface area contributed by atoms with Gasteiger partial charge in [0.15, 0.2) is 4.90 Å². The molecule has 0 atom stereocenters. The molecule has 0 saturated heterocycles. The molecule has 0 bridgehead atoms. The minimum Gasteiger partial charge on any atom is -0.477 e. The number of fused-ring (bicyclic) bond motifs is 1. The van der Waals surface area contributed by atoms with E-state index in [2.05, 4.69) is 5.10 Å². The highest BCUT2D eigenvalue weighted by Gasteiger charge is 2.31. The fraction of sp³-hybridized carbons (Fsp3) is 0.357. The van der Waals surface area contributed by atoms with Gasteiger partial charge in [-0.3, -0.25) is 4.31 Å². The van der Waals surface area contributed by atoms with Crippen molar-refractivity contribution in [1.82, 2.24) is 9.78 Å². The Hall–Kier alpha value is -1.73. The van der Waals surface area contributed by atoms with Crippen LogP contribution in [-0.2, 0) is 16.6 Å². The Labute approximate surface area is 134 Å². The summed E-state index contributed by atoms with van der Waals surface area (Å²) in [5.41, 5.74) is 1.35. The zero-order chi connectivity index (χ0) is 15.9. The van der Waals surface area contributed by atoms with Gasteiger partial charge in [0, 0.05) is 25.0 Å². The second kappa shape index (κ2) is 5.48. The van der Waals surface area contributed by atoms with Crippen molar-refractivity contribution in [3.8, 4) is 5.88 Å². The first kappa shape index (κ1) is 15.2. The summed E-state index contributed by atoms with van der Waals surface area (Å²) >= 11 is 5.99. The minimum absolute atomic E-state index is 0.0778. The van der Waals surface area contributed by atoms with Gasteiger partial charge in [0.1, 0.15) is 0 Å². The Bertz CT molecular complexity index is 817. The molecule has 0 saturated carbocycles. The third-order valence-corrected chi connectivity index (χ3v) is 5.65. The highest BCUT2D eigenvalue weighted by Crippen LogP contribution is 2.33. The lowest BCUT2D eigenvalue weighted by atomic mass is 10.2. The van der Waals surface area contributed by atoms with Crippen molar-refractivity contribution in [2.75, 3.05) is 18.0 Å². The molecule has 0 radical (unpaired) electrons. The van der Waals surface area contributed by atoms with Gasteiger partial charge >= 0.3 is 0 Å². The first-order valence-electron chi connectivity index (χ1n) is 6.85. The normalized spacial score (nSPS) is 14.3. The second-order valence-corrected chi connectivity index (χ2v) is 7.52. The molecule has 118 valence electrons. The largest absolute Gasteiger partial charge is 0.477 e. The number of hydrogen-bond acceptors (Lipinski definition) is 4. The molecule has 2 aromatic rings. The molecule has 1 aromatic carbocycles. The van der Waals surface area contributed by atoms with Gasteiger partial charge in [-0.15, -0.1) is 0 Å². The molecule has 0 spiro atoms. The molecule has 6 nitrogen and oxygen atoms in total. The van der Waals surface area contributed by atoms with Crippen LogP contribution in [0.4, 0.5) is 5.69 Å². The van der Waals surface area contributed by atoms with Crippen LogP contribution in [0.25, 0.3) is 0 Å². The van der Waals surface area contributed by atoms with Crippen LogP contribution in [0.2, 0.25) is 5.02 Å². The van der Waals surface area contributed by atoms with Crippen LogP contribution in [0.3, 0.4) is 0 Å². The summed E-state index contributed by atoms with van der Waals surface area (Å²) in [6.45, 7) is 2.99. The summed E-state index contributed by atoms with van der Waals surface area (Å²) in [7, 11) is -2.26. The molecule has 2 heterocycles. The van der Waals surface area contributed by atoms with Crippen LogP contribution in [0.1, 0.15) is 12.0 Å². The Morgan fingerprint density at radius 2 is 2.18 bits per heavy atom. The zero-order valence-corrected chi connectivity index (χ0v) is 13.9. The lowest BCUT2D eigenvalue weighted by Crippen LogP contribution is -2.28. The number of sulfonamides is 1. The molecule has 3 rings (SSSR count). The average Bonchev–Trinajstić information content (AvgIpc) is 2.93. The van der Waals surface area contributed by atoms with E-state index in [9.17, 15) is 8.42 Å². The minimum atomic E-state index is -3.76. The smallest absolute Gasteiger partial charge is 0.271 e. The van der Waals surface area contributed by atoms with Crippen molar-refractivity contribution in [2.24, 2.45) is 0 Å². The molecule has 0 N–H and O–H groups in total. The molecule has 1 aliphatic heterocycles. The number of anilines is 1. The quantitative estimate of drug-likeness (QED) is 0.860. The Kier molecular flexibility index (Phi) is 3.78. The lowest BCUT2D eigenvalue weighted by molar-refractivity contribution is 0.224. The monoisotopic (exact) mass is 341 g/mol. The zero-order valence-electron chi connectivity index (χ0n) is 12.3. The molecule has 8 heteroatoms. The van der Waals surface area contributed by atoms with Crippen LogP contribution < -0.4 is 9.04 Å². The topological polar surface area (TPSA) is 64.4 Å². The number of halogens is 1. The second-order valence-electron chi connectivity index (χ2n) is 5.14. The van der Waals surface area contributed by atoms with Gasteiger partial charge in [-0.1, -0.05) is 17.7 Å². The number of benzene rings is 1. The molecule has 22 heavy (non-hydrogen) atoms. The van der Waals surface area contributed by atoms with E-state index in [4.69, 9.17) is 16.3 Å². The van der Waals surface area contributed by atoms with Crippen molar-refractivity contribution in [3.05, 3.63) is 35.0 Å². The van der Waals surface area contributed by atoms with E-state index < -0.39 is 10.0 Å². The van der Waals surface area contributed by atoms with E-state index >= 15 is 0 Å². The highest BCUT2D eigenvalue weighted by atomic mass is 35.5. The number of ether oxygens (including phenoxy) is 1. The first-order valence-corrected chi connectivity index (χ1v) is 8.67. The third-order valence-electron chi connectivity index (χ3n) is 3.66. The number of aromatic nitrogens is 2. The Morgan fingerprint density at radius 1 is 1.41 bits per heavy atom. The van der Waals surface area contributed by atoms with Crippen LogP contribution in [-0.4, -0.2) is 31.9 Å². The van der Waals surface area contributed by atoms with Crippen LogP contribution in [0.15, 0.2) is 29.3 Å². The molecular weight excluding hydrogens is 326 g/mol.